The lowest BCUT2D eigenvalue weighted by molar-refractivity contribution is -0.138. The molecule has 25 heavy (non-hydrogen) atoms. The van der Waals surface area contributed by atoms with E-state index in [1.54, 1.807) is 23.5 Å². The van der Waals surface area contributed by atoms with E-state index in [9.17, 15) is 18.0 Å². The molecule has 0 spiro atoms. The molecule has 1 N–H and O–H groups in total. The lowest BCUT2D eigenvalue weighted by atomic mass is 10.2. The highest BCUT2D eigenvalue weighted by atomic mass is 19.4. The number of nitrogens with one attached hydrogen (secondary N) is 1. The molecule has 7 nitrogen and oxygen atoms in total. The number of hydrogen-bond donors (Lipinski definition) is 1. The Kier molecular flexibility index (Phi) is 5.84. The summed E-state index contributed by atoms with van der Waals surface area (Å²) in [6.45, 7) is -1.37. The number of hydrogen-bond acceptors (Lipinski definition) is 6. The topological polar surface area (TPSA) is 86.5 Å². The first-order valence-electron chi connectivity index (χ1n) is 7.21. The van der Waals surface area contributed by atoms with Crippen LogP contribution in [0.2, 0.25) is 0 Å². The lowest BCUT2D eigenvalue weighted by Crippen LogP contribution is -2.33. The van der Waals surface area contributed by atoms with Crippen LogP contribution >= 0.6 is 0 Å². The molecule has 0 radical (unpaired) electrons. The quantitative estimate of drug-likeness (QED) is 0.817. The first-order valence-corrected chi connectivity index (χ1v) is 7.21. The van der Waals surface area contributed by atoms with Crippen molar-refractivity contribution in [1.82, 2.24) is 15.5 Å². The summed E-state index contributed by atoms with van der Waals surface area (Å²) >= 11 is 0. The van der Waals surface area contributed by atoms with E-state index >= 15 is 0 Å². The highest BCUT2D eigenvalue weighted by molar-refractivity contribution is 5.76. The largest absolute Gasteiger partial charge is 0.493 e. The molecule has 0 aliphatic rings. The Morgan fingerprint density at radius 2 is 1.96 bits per heavy atom. The van der Waals surface area contributed by atoms with Crippen LogP contribution in [0.15, 0.2) is 22.7 Å². The summed E-state index contributed by atoms with van der Waals surface area (Å²) in [4.78, 5) is 15.5. The molecule has 1 aromatic heterocycles. The number of benzene rings is 1. The van der Waals surface area contributed by atoms with Gasteiger partial charge in [0, 0.05) is 18.4 Å². The van der Waals surface area contributed by atoms with Gasteiger partial charge in [-0.05, 0) is 18.2 Å². The second kappa shape index (κ2) is 7.86. The van der Waals surface area contributed by atoms with Crippen LogP contribution in [0.25, 0.3) is 11.4 Å². The predicted octanol–water partition coefficient (Wildman–Crippen LogP) is 2.36. The second-order valence-electron chi connectivity index (χ2n) is 4.97. The normalized spacial score (nSPS) is 11.2. The average Bonchev–Trinajstić information content (AvgIpc) is 3.05. The van der Waals surface area contributed by atoms with E-state index in [0.717, 1.165) is 0 Å². The molecule has 1 aromatic carbocycles. The van der Waals surface area contributed by atoms with Gasteiger partial charge in [0.1, 0.15) is 6.54 Å². The zero-order chi connectivity index (χ0) is 18.4. The molecule has 0 atom stereocenters. The SMILES string of the molecule is COc1ccc(-c2noc(CCC(=O)NCC(F)(F)F)n2)cc1OC. The summed E-state index contributed by atoms with van der Waals surface area (Å²) in [5.41, 5.74) is 0.606. The fourth-order valence-corrected chi connectivity index (χ4v) is 1.96. The van der Waals surface area contributed by atoms with Crippen molar-refractivity contribution in [3.63, 3.8) is 0 Å². The first kappa shape index (κ1) is 18.6. The maximum atomic E-state index is 12.0. The molecular weight excluding hydrogens is 343 g/mol. The van der Waals surface area contributed by atoms with Crippen LogP contribution in [0.4, 0.5) is 13.2 Å². The molecule has 2 aromatic rings. The van der Waals surface area contributed by atoms with Gasteiger partial charge in [0.25, 0.3) is 0 Å². The van der Waals surface area contributed by atoms with Gasteiger partial charge in [0.15, 0.2) is 11.5 Å². The second-order valence-corrected chi connectivity index (χ2v) is 4.97. The minimum atomic E-state index is -4.44. The van der Waals surface area contributed by atoms with Crippen LogP contribution in [-0.4, -0.2) is 43.0 Å². The van der Waals surface area contributed by atoms with Crippen molar-refractivity contribution in [3.05, 3.63) is 24.1 Å². The van der Waals surface area contributed by atoms with Crippen molar-refractivity contribution in [2.45, 2.75) is 19.0 Å². The summed E-state index contributed by atoms with van der Waals surface area (Å²) in [7, 11) is 3.00. The molecule has 0 saturated carbocycles. The molecule has 2 rings (SSSR count). The van der Waals surface area contributed by atoms with E-state index < -0.39 is 18.6 Å². The summed E-state index contributed by atoms with van der Waals surface area (Å²) in [6.07, 6.45) is -4.60. The standard InChI is InChI=1S/C15H16F3N3O4/c1-23-10-4-3-9(7-11(10)24-2)14-20-13(25-21-14)6-5-12(22)19-8-15(16,17)18/h3-4,7H,5-6,8H2,1-2H3,(H,19,22). The predicted molar refractivity (Wildman–Crippen MR) is 80.2 cm³/mol. The van der Waals surface area contributed by atoms with Crippen molar-refractivity contribution in [1.29, 1.82) is 0 Å². The van der Waals surface area contributed by atoms with Gasteiger partial charge >= 0.3 is 6.18 Å². The highest BCUT2D eigenvalue weighted by Crippen LogP contribution is 2.31. The van der Waals surface area contributed by atoms with Gasteiger partial charge in [0.05, 0.1) is 14.2 Å². The van der Waals surface area contributed by atoms with E-state index in [-0.39, 0.29) is 24.6 Å². The Hall–Kier alpha value is -2.78. The Balaban J connectivity index is 1.97. The van der Waals surface area contributed by atoms with Crippen molar-refractivity contribution >= 4 is 5.91 Å². The van der Waals surface area contributed by atoms with Crippen LogP contribution in [0, 0.1) is 0 Å². The molecule has 0 saturated heterocycles. The molecule has 0 bridgehead atoms. The van der Waals surface area contributed by atoms with Gasteiger partial charge in [-0.25, -0.2) is 0 Å². The fraction of sp³-hybridized carbons (Fsp3) is 0.400. The van der Waals surface area contributed by atoms with Crippen molar-refractivity contribution in [2.75, 3.05) is 20.8 Å². The number of carbonyl (C=O) groups excluding carboxylic acids is 1. The lowest BCUT2D eigenvalue weighted by Gasteiger charge is -2.07. The number of amides is 1. The van der Waals surface area contributed by atoms with Crippen LogP contribution in [0.1, 0.15) is 12.3 Å². The number of carbonyl (C=O) groups is 1. The number of alkyl halides is 3. The Bertz CT molecular complexity index is 731. The summed E-state index contributed by atoms with van der Waals surface area (Å²) in [5, 5.41) is 5.56. The van der Waals surface area contributed by atoms with Gasteiger partial charge in [0.2, 0.25) is 17.6 Å². The summed E-state index contributed by atoms with van der Waals surface area (Å²) in [5.74, 6) is 0.691. The monoisotopic (exact) mass is 359 g/mol. The highest BCUT2D eigenvalue weighted by Gasteiger charge is 2.27. The van der Waals surface area contributed by atoms with Gasteiger partial charge in [-0.3, -0.25) is 4.79 Å². The Morgan fingerprint density at radius 3 is 2.60 bits per heavy atom. The minimum absolute atomic E-state index is 0.0317. The Morgan fingerprint density at radius 1 is 1.24 bits per heavy atom. The zero-order valence-electron chi connectivity index (χ0n) is 13.5. The molecule has 0 fully saturated rings. The maximum absolute atomic E-state index is 12.0. The fourth-order valence-electron chi connectivity index (χ4n) is 1.96. The Labute approximate surface area is 141 Å². The first-order chi connectivity index (χ1) is 11.8. The summed E-state index contributed by atoms with van der Waals surface area (Å²) in [6, 6.07) is 5.03. The van der Waals surface area contributed by atoms with Gasteiger partial charge in [-0.2, -0.15) is 18.2 Å². The number of aromatic nitrogens is 2. The molecule has 0 aliphatic carbocycles. The van der Waals surface area contributed by atoms with E-state index in [1.165, 1.54) is 14.2 Å². The molecule has 0 unspecified atom stereocenters. The molecule has 136 valence electrons. The number of aryl methyl sites for hydroxylation is 1. The van der Waals surface area contributed by atoms with Gasteiger partial charge in [-0.15, -0.1) is 0 Å². The third kappa shape index (κ3) is 5.37. The average molecular weight is 359 g/mol. The van der Waals surface area contributed by atoms with E-state index in [1.807, 2.05) is 0 Å². The van der Waals surface area contributed by atoms with Gasteiger partial charge in [-0.1, -0.05) is 5.16 Å². The van der Waals surface area contributed by atoms with E-state index in [2.05, 4.69) is 10.1 Å². The van der Waals surface area contributed by atoms with Crippen LogP contribution in [0.5, 0.6) is 11.5 Å². The molecule has 0 aliphatic heterocycles. The summed E-state index contributed by atoms with van der Waals surface area (Å²) < 4.78 is 51.4. The zero-order valence-corrected chi connectivity index (χ0v) is 13.5. The van der Waals surface area contributed by atoms with Crippen molar-refractivity contribution in [3.8, 4) is 22.9 Å². The van der Waals surface area contributed by atoms with Crippen LogP contribution in [0.3, 0.4) is 0 Å². The number of nitrogens with zero attached hydrogens (tertiary/aromatic N) is 2. The van der Waals surface area contributed by atoms with Crippen molar-refractivity contribution in [2.24, 2.45) is 0 Å². The molecule has 10 heteroatoms. The number of rotatable bonds is 7. The van der Waals surface area contributed by atoms with E-state index in [0.29, 0.717) is 17.1 Å². The van der Waals surface area contributed by atoms with Crippen molar-refractivity contribution < 1.29 is 32.0 Å². The maximum Gasteiger partial charge on any atom is 0.405 e. The molecule has 1 amide bonds. The van der Waals surface area contributed by atoms with Gasteiger partial charge < -0.3 is 19.3 Å². The number of methoxy groups -OCH3 is 2. The van der Waals surface area contributed by atoms with E-state index in [4.69, 9.17) is 14.0 Å². The third-order valence-corrected chi connectivity index (χ3v) is 3.16. The third-order valence-electron chi connectivity index (χ3n) is 3.16. The number of ether oxygens (including phenoxy) is 2. The smallest absolute Gasteiger partial charge is 0.405 e. The molecule has 1 heterocycles. The van der Waals surface area contributed by atoms with Crippen LogP contribution in [-0.2, 0) is 11.2 Å². The minimum Gasteiger partial charge on any atom is -0.493 e. The number of halogens is 3. The molecular formula is C15H16F3N3O4. The van der Waals surface area contributed by atoms with Crippen LogP contribution < -0.4 is 14.8 Å².